The lowest BCUT2D eigenvalue weighted by Gasteiger charge is -2.29. The summed E-state index contributed by atoms with van der Waals surface area (Å²) in [5, 5.41) is 9.10. The molecule has 1 aromatic heterocycles. The van der Waals surface area contributed by atoms with Crippen LogP contribution in [0.4, 0.5) is 0 Å². The molecule has 2 aromatic rings. The molecular formula is C20H26N2O4. The van der Waals surface area contributed by atoms with Crippen molar-refractivity contribution in [2.75, 3.05) is 19.7 Å². The summed E-state index contributed by atoms with van der Waals surface area (Å²) < 4.78 is 11.5. The molecule has 6 heteroatoms. The van der Waals surface area contributed by atoms with Gasteiger partial charge in [0.25, 0.3) is 0 Å². The molecule has 0 saturated carbocycles. The van der Waals surface area contributed by atoms with Gasteiger partial charge in [0.15, 0.2) is 0 Å². The van der Waals surface area contributed by atoms with Crippen molar-refractivity contribution in [3.63, 3.8) is 0 Å². The minimum absolute atomic E-state index is 0.214. The first-order valence-electron chi connectivity index (χ1n) is 9.21. The van der Waals surface area contributed by atoms with Gasteiger partial charge in [-0.2, -0.15) is 0 Å². The predicted molar refractivity (Wildman–Crippen MR) is 98.1 cm³/mol. The van der Waals surface area contributed by atoms with Gasteiger partial charge in [0.05, 0.1) is 18.2 Å². The Balaban J connectivity index is 1.63. The van der Waals surface area contributed by atoms with Crippen LogP contribution in [0.3, 0.4) is 0 Å². The van der Waals surface area contributed by atoms with Crippen LogP contribution in [0.2, 0.25) is 0 Å². The molecule has 1 aliphatic heterocycles. The molecule has 0 aliphatic carbocycles. The Labute approximate surface area is 153 Å². The normalized spacial score (nSPS) is 15.9. The molecule has 6 nitrogen and oxygen atoms in total. The number of oxazole rings is 1. The molecular weight excluding hydrogens is 332 g/mol. The van der Waals surface area contributed by atoms with Crippen LogP contribution >= 0.6 is 0 Å². The zero-order valence-corrected chi connectivity index (χ0v) is 15.4. The van der Waals surface area contributed by atoms with Crippen molar-refractivity contribution in [3.05, 3.63) is 35.7 Å². The fourth-order valence-electron chi connectivity index (χ4n) is 3.16. The monoisotopic (exact) mass is 358 g/mol. The predicted octanol–water partition coefficient (Wildman–Crippen LogP) is 3.74. The van der Waals surface area contributed by atoms with Crippen LogP contribution in [-0.4, -0.2) is 40.7 Å². The standard InChI is InChI=1S/C20H26N2O4/c1-3-12-25-17-6-4-15(5-7-17)19-21-18(14(2)26-19)13-22-10-8-16(9-11-22)20(23)24/h4-7,16H,3,8-13H2,1-2H3,(H,23,24). The van der Waals surface area contributed by atoms with Gasteiger partial charge in [-0.15, -0.1) is 0 Å². The number of aromatic nitrogens is 1. The lowest BCUT2D eigenvalue weighted by Crippen LogP contribution is -2.36. The lowest BCUT2D eigenvalue weighted by atomic mass is 9.97. The zero-order valence-electron chi connectivity index (χ0n) is 15.4. The van der Waals surface area contributed by atoms with Crippen LogP contribution in [0.1, 0.15) is 37.6 Å². The summed E-state index contributed by atoms with van der Waals surface area (Å²) >= 11 is 0. The van der Waals surface area contributed by atoms with Crippen LogP contribution in [0, 0.1) is 12.8 Å². The fraction of sp³-hybridized carbons (Fsp3) is 0.500. The summed E-state index contributed by atoms with van der Waals surface area (Å²) in [6.45, 7) is 6.97. The van der Waals surface area contributed by atoms with Crippen molar-refractivity contribution in [2.45, 2.75) is 39.7 Å². The van der Waals surface area contributed by atoms with E-state index in [4.69, 9.17) is 14.3 Å². The average molecular weight is 358 g/mol. The molecule has 0 atom stereocenters. The largest absolute Gasteiger partial charge is 0.494 e. The van der Waals surface area contributed by atoms with Crippen molar-refractivity contribution in [3.8, 4) is 17.2 Å². The van der Waals surface area contributed by atoms with Gasteiger partial charge in [0.2, 0.25) is 5.89 Å². The second-order valence-corrected chi connectivity index (χ2v) is 6.78. The van der Waals surface area contributed by atoms with Gasteiger partial charge in [-0.05, 0) is 63.5 Å². The Kier molecular flexibility index (Phi) is 5.93. The SMILES string of the molecule is CCCOc1ccc(-c2nc(CN3CCC(C(=O)O)CC3)c(C)o2)cc1. The zero-order chi connectivity index (χ0) is 18.5. The van der Waals surface area contributed by atoms with Gasteiger partial charge in [-0.1, -0.05) is 6.92 Å². The van der Waals surface area contributed by atoms with E-state index in [1.54, 1.807) is 0 Å². The maximum Gasteiger partial charge on any atom is 0.306 e. The molecule has 1 aliphatic rings. The van der Waals surface area contributed by atoms with Crippen LogP contribution in [-0.2, 0) is 11.3 Å². The number of likely N-dealkylation sites (tertiary alicyclic amines) is 1. The van der Waals surface area contributed by atoms with E-state index in [1.807, 2.05) is 31.2 Å². The molecule has 0 amide bonds. The molecule has 1 aromatic carbocycles. The number of rotatable bonds is 7. The highest BCUT2D eigenvalue weighted by Crippen LogP contribution is 2.26. The van der Waals surface area contributed by atoms with E-state index in [0.717, 1.165) is 42.3 Å². The molecule has 0 bridgehead atoms. The van der Waals surface area contributed by atoms with E-state index in [1.165, 1.54) is 0 Å². The molecule has 26 heavy (non-hydrogen) atoms. The number of carboxylic acids is 1. The summed E-state index contributed by atoms with van der Waals surface area (Å²) in [6, 6.07) is 7.78. The number of ether oxygens (including phenoxy) is 1. The van der Waals surface area contributed by atoms with Crippen molar-refractivity contribution < 1.29 is 19.1 Å². The number of hydrogen-bond donors (Lipinski definition) is 1. The maximum absolute atomic E-state index is 11.1. The number of carboxylic acid groups (broad SMARTS) is 1. The van der Waals surface area contributed by atoms with Gasteiger partial charge >= 0.3 is 5.97 Å². The molecule has 1 N–H and O–H groups in total. The van der Waals surface area contributed by atoms with Gasteiger partial charge in [0.1, 0.15) is 11.5 Å². The Morgan fingerprint density at radius 3 is 2.62 bits per heavy atom. The van der Waals surface area contributed by atoms with Crippen LogP contribution in [0.5, 0.6) is 5.75 Å². The highest BCUT2D eigenvalue weighted by Gasteiger charge is 2.25. The number of hydrogen-bond acceptors (Lipinski definition) is 5. The maximum atomic E-state index is 11.1. The molecule has 0 radical (unpaired) electrons. The summed E-state index contributed by atoms with van der Waals surface area (Å²) in [5.74, 6) is 1.37. The van der Waals surface area contributed by atoms with Crippen LogP contribution in [0.25, 0.3) is 11.5 Å². The second-order valence-electron chi connectivity index (χ2n) is 6.78. The highest BCUT2D eigenvalue weighted by atomic mass is 16.5. The molecule has 140 valence electrons. The first kappa shape index (κ1) is 18.5. The molecule has 1 saturated heterocycles. The van der Waals surface area contributed by atoms with Crippen molar-refractivity contribution in [1.29, 1.82) is 0 Å². The fourth-order valence-corrected chi connectivity index (χ4v) is 3.16. The van der Waals surface area contributed by atoms with Gasteiger partial charge in [-0.3, -0.25) is 9.69 Å². The van der Waals surface area contributed by atoms with E-state index < -0.39 is 5.97 Å². The molecule has 3 rings (SSSR count). The number of aliphatic carboxylic acids is 1. The third-order valence-corrected chi connectivity index (χ3v) is 4.78. The minimum Gasteiger partial charge on any atom is -0.494 e. The molecule has 0 unspecified atom stereocenters. The van der Waals surface area contributed by atoms with Gasteiger partial charge < -0.3 is 14.3 Å². The first-order valence-corrected chi connectivity index (χ1v) is 9.21. The third kappa shape index (κ3) is 4.43. The van der Waals surface area contributed by atoms with E-state index >= 15 is 0 Å². The first-order chi connectivity index (χ1) is 12.6. The quantitative estimate of drug-likeness (QED) is 0.813. The van der Waals surface area contributed by atoms with Crippen molar-refractivity contribution >= 4 is 5.97 Å². The number of nitrogens with zero attached hydrogens (tertiary/aromatic N) is 2. The van der Waals surface area contributed by atoms with E-state index in [9.17, 15) is 4.79 Å². The average Bonchev–Trinajstić information content (AvgIpc) is 3.01. The number of carbonyl (C=O) groups is 1. The van der Waals surface area contributed by atoms with Crippen LogP contribution < -0.4 is 4.74 Å². The van der Waals surface area contributed by atoms with Crippen molar-refractivity contribution in [1.82, 2.24) is 9.88 Å². The Bertz CT molecular complexity index is 731. The smallest absolute Gasteiger partial charge is 0.306 e. The minimum atomic E-state index is -0.684. The van der Waals surface area contributed by atoms with Gasteiger partial charge in [0, 0.05) is 12.1 Å². The molecule has 0 spiro atoms. The molecule has 2 heterocycles. The summed E-state index contributed by atoms with van der Waals surface area (Å²) in [6.07, 6.45) is 2.37. The van der Waals surface area contributed by atoms with E-state index in [-0.39, 0.29) is 5.92 Å². The number of piperidine rings is 1. The Hall–Kier alpha value is -2.34. The number of benzene rings is 1. The number of aryl methyl sites for hydroxylation is 1. The second kappa shape index (κ2) is 8.36. The van der Waals surface area contributed by atoms with E-state index in [0.29, 0.717) is 31.9 Å². The summed E-state index contributed by atoms with van der Waals surface area (Å²) in [5.41, 5.74) is 1.84. The highest BCUT2D eigenvalue weighted by molar-refractivity contribution is 5.70. The van der Waals surface area contributed by atoms with Crippen molar-refractivity contribution in [2.24, 2.45) is 5.92 Å². The molecule has 1 fully saturated rings. The topological polar surface area (TPSA) is 75.8 Å². The third-order valence-electron chi connectivity index (χ3n) is 4.78. The van der Waals surface area contributed by atoms with E-state index in [2.05, 4.69) is 16.8 Å². The Morgan fingerprint density at radius 2 is 2.00 bits per heavy atom. The summed E-state index contributed by atoms with van der Waals surface area (Å²) in [7, 11) is 0. The van der Waals surface area contributed by atoms with Gasteiger partial charge in [-0.25, -0.2) is 4.98 Å². The summed E-state index contributed by atoms with van der Waals surface area (Å²) in [4.78, 5) is 18.0. The lowest BCUT2D eigenvalue weighted by molar-refractivity contribution is -0.143. The van der Waals surface area contributed by atoms with Crippen LogP contribution in [0.15, 0.2) is 28.7 Å². The Morgan fingerprint density at radius 1 is 1.31 bits per heavy atom.